The van der Waals surface area contributed by atoms with Crippen LogP contribution in [0.2, 0.25) is 0 Å². The number of carbonyl (C=O) groups excluding carboxylic acids is 3. The number of fused-ring (bicyclic) bond motifs is 5. The molecule has 0 radical (unpaired) electrons. The lowest BCUT2D eigenvalue weighted by molar-refractivity contribution is -0.140. The smallest absolute Gasteiger partial charge is 0.319 e. The van der Waals surface area contributed by atoms with Gasteiger partial charge in [-0.05, 0) is 37.3 Å². The standard InChI is InChI=1S/C19H21N3O3/c1-11-2-6-14(7-3-11)21-19(25)20-8-9-22-17(23)15-12-4-5-13(10-12)16(15)18(22)24/h2-7,12-13,15-16H,8-10H2,1H3,(H2,20,21,25)/t12-,13-,15-,16+/m0/s1. The number of amides is 4. The molecule has 1 saturated heterocycles. The molecule has 2 bridgehead atoms. The largest absolute Gasteiger partial charge is 0.336 e. The molecule has 2 aliphatic carbocycles. The Kier molecular flexibility index (Phi) is 3.82. The molecule has 0 spiro atoms. The third-order valence-electron chi connectivity index (χ3n) is 5.49. The molecule has 4 rings (SSSR count). The second-order valence-corrected chi connectivity index (χ2v) is 7.07. The number of nitrogens with zero attached hydrogens (tertiary/aromatic N) is 1. The van der Waals surface area contributed by atoms with E-state index < -0.39 is 0 Å². The quantitative estimate of drug-likeness (QED) is 0.650. The van der Waals surface area contributed by atoms with Crippen LogP contribution >= 0.6 is 0 Å². The van der Waals surface area contributed by atoms with Gasteiger partial charge in [-0.25, -0.2) is 4.79 Å². The lowest BCUT2D eigenvalue weighted by atomic mass is 9.85. The van der Waals surface area contributed by atoms with E-state index in [2.05, 4.69) is 22.8 Å². The van der Waals surface area contributed by atoms with Crippen LogP contribution in [-0.2, 0) is 9.59 Å². The number of imide groups is 1. The van der Waals surface area contributed by atoms with E-state index in [0.29, 0.717) is 5.69 Å². The SMILES string of the molecule is Cc1ccc(NC(=O)NCCN2C(=O)[C@@H]3[C@H](C2=O)[C@H]2C=C[C@H]3C2)cc1. The van der Waals surface area contributed by atoms with Crippen molar-refractivity contribution in [3.8, 4) is 0 Å². The van der Waals surface area contributed by atoms with Crippen LogP contribution in [0.5, 0.6) is 0 Å². The second-order valence-electron chi connectivity index (χ2n) is 7.07. The van der Waals surface area contributed by atoms with Crippen LogP contribution in [0.3, 0.4) is 0 Å². The summed E-state index contributed by atoms with van der Waals surface area (Å²) in [5.41, 5.74) is 1.82. The third-order valence-corrected chi connectivity index (χ3v) is 5.49. The zero-order valence-electron chi connectivity index (χ0n) is 14.1. The van der Waals surface area contributed by atoms with Crippen LogP contribution in [0.25, 0.3) is 0 Å². The van der Waals surface area contributed by atoms with Gasteiger partial charge >= 0.3 is 6.03 Å². The number of nitrogens with one attached hydrogen (secondary N) is 2. The molecule has 1 saturated carbocycles. The van der Waals surface area contributed by atoms with Gasteiger partial charge in [0, 0.05) is 18.8 Å². The molecular weight excluding hydrogens is 318 g/mol. The van der Waals surface area contributed by atoms with Crippen LogP contribution in [-0.4, -0.2) is 35.8 Å². The highest BCUT2D eigenvalue weighted by Gasteiger charge is 2.58. The summed E-state index contributed by atoms with van der Waals surface area (Å²) in [5.74, 6) is -0.0727. The van der Waals surface area contributed by atoms with E-state index in [-0.39, 0.29) is 54.6 Å². The first-order valence-corrected chi connectivity index (χ1v) is 8.69. The number of allylic oxidation sites excluding steroid dienone is 2. The molecular formula is C19H21N3O3. The van der Waals surface area contributed by atoms with Crippen LogP contribution in [0, 0.1) is 30.6 Å². The van der Waals surface area contributed by atoms with Crippen molar-refractivity contribution in [2.75, 3.05) is 18.4 Å². The monoisotopic (exact) mass is 339 g/mol. The number of anilines is 1. The first-order valence-electron chi connectivity index (χ1n) is 8.69. The molecule has 6 heteroatoms. The molecule has 6 nitrogen and oxygen atoms in total. The maximum atomic E-state index is 12.5. The summed E-state index contributed by atoms with van der Waals surface area (Å²) in [4.78, 5) is 38.3. The van der Waals surface area contributed by atoms with Gasteiger partial charge in [0.25, 0.3) is 0 Å². The molecule has 2 N–H and O–H groups in total. The summed E-state index contributed by atoms with van der Waals surface area (Å²) in [5, 5.41) is 5.44. The average Bonchev–Trinajstić information content (AvgIpc) is 3.26. The Hall–Kier alpha value is -2.63. The van der Waals surface area contributed by atoms with Crippen molar-refractivity contribution in [2.45, 2.75) is 13.3 Å². The Morgan fingerprint density at radius 2 is 1.68 bits per heavy atom. The Morgan fingerprint density at radius 1 is 1.08 bits per heavy atom. The van der Waals surface area contributed by atoms with Crippen molar-refractivity contribution in [2.24, 2.45) is 23.7 Å². The van der Waals surface area contributed by atoms with Crippen LogP contribution in [0.4, 0.5) is 10.5 Å². The Balaban J connectivity index is 1.29. The van der Waals surface area contributed by atoms with Crippen molar-refractivity contribution in [3.63, 3.8) is 0 Å². The number of benzene rings is 1. The predicted molar refractivity (Wildman–Crippen MR) is 92.6 cm³/mol. The lowest BCUT2D eigenvalue weighted by Crippen LogP contribution is -2.40. The fourth-order valence-corrected chi connectivity index (χ4v) is 4.28. The Bertz CT molecular complexity index is 726. The summed E-state index contributed by atoms with van der Waals surface area (Å²) < 4.78 is 0. The number of urea groups is 1. The maximum Gasteiger partial charge on any atom is 0.319 e. The van der Waals surface area contributed by atoms with Gasteiger partial charge in [-0.3, -0.25) is 14.5 Å². The van der Waals surface area contributed by atoms with E-state index in [0.717, 1.165) is 12.0 Å². The molecule has 4 amide bonds. The van der Waals surface area contributed by atoms with Gasteiger partial charge in [-0.1, -0.05) is 29.8 Å². The van der Waals surface area contributed by atoms with Crippen molar-refractivity contribution in [1.29, 1.82) is 0 Å². The van der Waals surface area contributed by atoms with E-state index in [4.69, 9.17) is 0 Å². The molecule has 1 aromatic rings. The van der Waals surface area contributed by atoms with Gasteiger partial charge in [0.05, 0.1) is 11.8 Å². The summed E-state index contributed by atoms with van der Waals surface area (Å²) >= 11 is 0. The first-order chi connectivity index (χ1) is 12.0. The van der Waals surface area contributed by atoms with Crippen LogP contribution in [0.15, 0.2) is 36.4 Å². The number of rotatable bonds is 4. The summed E-state index contributed by atoms with van der Waals surface area (Å²) in [6.45, 7) is 2.45. The minimum absolute atomic E-state index is 0.0763. The van der Waals surface area contributed by atoms with E-state index in [1.165, 1.54) is 4.90 Å². The zero-order valence-corrected chi connectivity index (χ0v) is 14.1. The molecule has 1 aromatic carbocycles. The Morgan fingerprint density at radius 3 is 2.28 bits per heavy atom. The minimum Gasteiger partial charge on any atom is -0.336 e. The molecule has 1 aliphatic heterocycles. The van der Waals surface area contributed by atoms with Gasteiger partial charge in [0.15, 0.2) is 0 Å². The number of likely N-dealkylation sites (tertiary alicyclic amines) is 1. The molecule has 130 valence electrons. The number of hydrogen-bond donors (Lipinski definition) is 2. The van der Waals surface area contributed by atoms with Crippen molar-refractivity contribution in [3.05, 3.63) is 42.0 Å². The van der Waals surface area contributed by atoms with Crippen molar-refractivity contribution >= 4 is 23.5 Å². The minimum atomic E-state index is -0.343. The molecule has 3 aliphatic rings. The van der Waals surface area contributed by atoms with Gasteiger partial charge in [0.2, 0.25) is 11.8 Å². The number of aryl methyl sites for hydroxylation is 1. The van der Waals surface area contributed by atoms with E-state index in [1.807, 2.05) is 31.2 Å². The normalized spacial score (nSPS) is 29.2. The average molecular weight is 339 g/mol. The highest BCUT2D eigenvalue weighted by atomic mass is 16.2. The van der Waals surface area contributed by atoms with Crippen LogP contribution in [0.1, 0.15) is 12.0 Å². The van der Waals surface area contributed by atoms with E-state index >= 15 is 0 Å². The molecule has 2 fully saturated rings. The van der Waals surface area contributed by atoms with Gasteiger partial charge < -0.3 is 10.6 Å². The second kappa shape index (κ2) is 6.02. The van der Waals surface area contributed by atoms with Gasteiger partial charge in [-0.15, -0.1) is 0 Å². The van der Waals surface area contributed by atoms with Gasteiger partial charge in [0.1, 0.15) is 0 Å². The lowest BCUT2D eigenvalue weighted by Gasteiger charge is -2.17. The first kappa shape index (κ1) is 15.9. The molecule has 1 heterocycles. The van der Waals surface area contributed by atoms with E-state index in [1.54, 1.807) is 0 Å². The fourth-order valence-electron chi connectivity index (χ4n) is 4.28. The molecule has 0 aromatic heterocycles. The van der Waals surface area contributed by atoms with E-state index in [9.17, 15) is 14.4 Å². The summed E-state index contributed by atoms with van der Waals surface area (Å²) in [6, 6.07) is 7.14. The maximum absolute atomic E-state index is 12.5. The highest BCUT2D eigenvalue weighted by Crippen LogP contribution is 2.52. The van der Waals surface area contributed by atoms with Crippen molar-refractivity contribution < 1.29 is 14.4 Å². The third kappa shape index (κ3) is 2.71. The molecule has 4 atom stereocenters. The van der Waals surface area contributed by atoms with Crippen LogP contribution < -0.4 is 10.6 Å². The number of hydrogen-bond acceptors (Lipinski definition) is 3. The highest BCUT2D eigenvalue weighted by molar-refractivity contribution is 6.06. The zero-order chi connectivity index (χ0) is 17.6. The van der Waals surface area contributed by atoms with Crippen molar-refractivity contribution in [1.82, 2.24) is 10.2 Å². The number of carbonyl (C=O) groups is 3. The van der Waals surface area contributed by atoms with Gasteiger partial charge in [-0.2, -0.15) is 0 Å². The molecule has 0 unspecified atom stereocenters. The summed E-state index contributed by atoms with van der Waals surface area (Å²) in [6.07, 6.45) is 5.08. The molecule has 25 heavy (non-hydrogen) atoms. The fraction of sp³-hybridized carbons (Fsp3) is 0.421. The Labute approximate surface area is 146 Å². The predicted octanol–water partition coefficient (Wildman–Crippen LogP) is 1.92. The summed E-state index contributed by atoms with van der Waals surface area (Å²) in [7, 11) is 0. The topological polar surface area (TPSA) is 78.5 Å².